The molecule has 1 aromatic heterocycles. The predicted molar refractivity (Wildman–Crippen MR) is 72.0 cm³/mol. The SMILES string of the molecule is N#Cc1cc(C(F)(F)F)cc(I)c1-c1ccc(C=O)o1. The van der Waals surface area contributed by atoms with E-state index in [4.69, 9.17) is 9.68 Å². The molecule has 1 aromatic carbocycles. The lowest BCUT2D eigenvalue weighted by atomic mass is 10.0. The number of nitrogens with zero attached hydrogens (tertiary/aromatic N) is 1. The standard InChI is InChI=1S/C13H5F3INO2/c14-13(15,16)8-3-7(5-18)12(10(17)4-8)11-2-1-9(6-19)20-11/h1-4,6H. The predicted octanol–water partition coefficient (Wildman–Crippen LogP) is 4.25. The minimum atomic E-state index is -4.53. The minimum Gasteiger partial charge on any atom is -0.453 e. The van der Waals surface area contributed by atoms with Crippen molar-refractivity contribution >= 4 is 28.9 Å². The van der Waals surface area contributed by atoms with Crippen LogP contribution < -0.4 is 0 Å². The van der Waals surface area contributed by atoms with Gasteiger partial charge in [0.2, 0.25) is 0 Å². The number of hydrogen-bond donors (Lipinski definition) is 0. The van der Waals surface area contributed by atoms with Crippen molar-refractivity contribution < 1.29 is 22.4 Å². The van der Waals surface area contributed by atoms with Crippen LogP contribution in [0.3, 0.4) is 0 Å². The molecule has 0 aliphatic carbocycles. The normalized spacial score (nSPS) is 11.2. The number of rotatable bonds is 2. The third kappa shape index (κ3) is 2.70. The topological polar surface area (TPSA) is 54.0 Å². The maximum absolute atomic E-state index is 12.7. The van der Waals surface area contributed by atoms with E-state index in [9.17, 15) is 18.0 Å². The number of hydrogen-bond acceptors (Lipinski definition) is 3. The van der Waals surface area contributed by atoms with E-state index < -0.39 is 11.7 Å². The number of aldehydes is 1. The molecule has 0 bridgehead atoms. The van der Waals surface area contributed by atoms with E-state index in [0.717, 1.165) is 12.1 Å². The van der Waals surface area contributed by atoms with Crippen molar-refractivity contribution in [1.29, 1.82) is 5.26 Å². The number of carbonyl (C=O) groups excluding carboxylic acids is 1. The van der Waals surface area contributed by atoms with Gasteiger partial charge in [0.15, 0.2) is 12.0 Å². The molecule has 2 rings (SSSR count). The van der Waals surface area contributed by atoms with Crippen LogP contribution in [0, 0.1) is 14.9 Å². The first-order valence-electron chi connectivity index (χ1n) is 5.23. The summed E-state index contributed by atoms with van der Waals surface area (Å²) in [5, 5.41) is 9.03. The van der Waals surface area contributed by atoms with Gasteiger partial charge in [-0.3, -0.25) is 4.79 Å². The molecular formula is C13H5F3INO2. The Bertz CT molecular complexity index is 713. The summed E-state index contributed by atoms with van der Waals surface area (Å²) in [5.74, 6) is 0.223. The van der Waals surface area contributed by atoms with Gasteiger partial charge in [0.25, 0.3) is 0 Å². The molecular weight excluding hydrogens is 386 g/mol. The minimum absolute atomic E-state index is 0.0413. The highest BCUT2D eigenvalue weighted by atomic mass is 127. The number of benzene rings is 1. The molecule has 0 N–H and O–H groups in total. The van der Waals surface area contributed by atoms with E-state index in [1.165, 1.54) is 12.1 Å². The highest BCUT2D eigenvalue weighted by molar-refractivity contribution is 14.1. The van der Waals surface area contributed by atoms with Crippen molar-refractivity contribution in [2.45, 2.75) is 6.18 Å². The molecule has 0 aliphatic heterocycles. The molecule has 102 valence electrons. The van der Waals surface area contributed by atoms with Crippen LogP contribution in [-0.4, -0.2) is 6.29 Å². The average Bonchev–Trinajstić information content (AvgIpc) is 2.84. The second kappa shape index (κ2) is 5.28. The Kier molecular flexibility index (Phi) is 3.85. The lowest BCUT2D eigenvalue weighted by Crippen LogP contribution is -2.06. The molecule has 0 atom stereocenters. The molecule has 20 heavy (non-hydrogen) atoms. The molecule has 0 saturated heterocycles. The lowest BCUT2D eigenvalue weighted by molar-refractivity contribution is -0.137. The smallest absolute Gasteiger partial charge is 0.416 e. The Morgan fingerprint density at radius 3 is 2.50 bits per heavy atom. The first-order valence-corrected chi connectivity index (χ1v) is 6.31. The van der Waals surface area contributed by atoms with Gasteiger partial charge >= 0.3 is 6.18 Å². The summed E-state index contributed by atoms with van der Waals surface area (Å²) < 4.78 is 43.5. The van der Waals surface area contributed by atoms with E-state index in [1.807, 2.05) is 0 Å². The lowest BCUT2D eigenvalue weighted by Gasteiger charge is -2.11. The van der Waals surface area contributed by atoms with Crippen LogP contribution in [0.5, 0.6) is 0 Å². The Morgan fingerprint density at radius 2 is 2.00 bits per heavy atom. The van der Waals surface area contributed by atoms with Gasteiger partial charge in [-0.2, -0.15) is 18.4 Å². The molecule has 0 amide bonds. The molecule has 3 nitrogen and oxygen atoms in total. The van der Waals surface area contributed by atoms with Gasteiger partial charge in [-0.15, -0.1) is 0 Å². The summed E-state index contributed by atoms with van der Waals surface area (Å²) in [7, 11) is 0. The van der Waals surface area contributed by atoms with E-state index >= 15 is 0 Å². The number of alkyl halides is 3. The molecule has 1 heterocycles. The van der Waals surface area contributed by atoms with Gasteiger partial charge < -0.3 is 4.42 Å². The van der Waals surface area contributed by atoms with Crippen LogP contribution in [0.15, 0.2) is 28.7 Å². The van der Waals surface area contributed by atoms with Crippen molar-refractivity contribution in [1.82, 2.24) is 0 Å². The maximum atomic E-state index is 12.7. The zero-order valence-electron chi connectivity index (χ0n) is 9.66. The second-order valence-corrected chi connectivity index (χ2v) is 4.97. The average molecular weight is 391 g/mol. The van der Waals surface area contributed by atoms with Crippen LogP contribution in [0.4, 0.5) is 13.2 Å². The number of halogens is 4. The van der Waals surface area contributed by atoms with E-state index in [-0.39, 0.29) is 26.2 Å². The first-order chi connectivity index (χ1) is 9.36. The Morgan fingerprint density at radius 1 is 1.30 bits per heavy atom. The van der Waals surface area contributed by atoms with Gasteiger partial charge in [-0.25, -0.2) is 0 Å². The van der Waals surface area contributed by atoms with E-state index in [0.29, 0.717) is 6.29 Å². The summed E-state index contributed by atoms with van der Waals surface area (Å²) in [6.45, 7) is 0. The molecule has 0 aliphatic rings. The number of nitriles is 1. The van der Waals surface area contributed by atoms with Gasteiger partial charge in [0, 0.05) is 9.13 Å². The van der Waals surface area contributed by atoms with Crippen molar-refractivity contribution in [3.8, 4) is 17.4 Å². The van der Waals surface area contributed by atoms with Crippen molar-refractivity contribution in [3.05, 3.63) is 44.7 Å². The molecule has 0 fully saturated rings. The number of furan rings is 1. The van der Waals surface area contributed by atoms with Gasteiger partial charge in [0.05, 0.1) is 17.2 Å². The fourth-order valence-corrected chi connectivity index (χ4v) is 2.55. The zero-order chi connectivity index (χ0) is 14.9. The third-order valence-electron chi connectivity index (χ3n) is 2.53. The van der Waals surface area contributed by atoms with E-state index in [1.54, 1.807) is 28.7 Å². The quantitative estimate of drug-likeness (QED) is 0.568. The Hall–Kier alpha value is -1.82. The zero-order valence-corrected chi connectivity index (χ0v) is 11.8. The largest absolute Gasteiger partial charge is 0.453 e. The van der Waals surface area contributed by atoms with Crippen LogP contribution in [0.25, 0.3) is 11.3 Å². The van der Waals surface area contributed by atoms with Gasteiger partial charge in [-0.1, -0.05) is 0 Å². The summed E-state index contributed by atoms with van der Waals surface area (Å²) in [6.07, 6.45) is -4.05. The van der Waals surface area contributed by atoms with Gasteiger partial charge in [-0.05, 0) is 46.9 Å². The number of carbonyl (C=O) groups is 1. The molecule has 0 unspecified atom stereocenters. The van der Waals surface area contributed by atoms with Crippen molar-refractivity contribution in [2.75, 3.05) is 0 Å². The molecule has 7 heteroatoms. The van der Waals surface area contributed by atoms with Crippen LogP contribution >= 0.6 is 22.6 Å². The Labute approximate surface area is 125 Å². The summed E-state index contributed by atoms with van der Waals surface area (Å²) in [4.78, 5) is 10.6. The monoisotopic (exact) mass is 391 g/mol. The van der Waals surface area contributed by atoms with Crippen LogP contribution in [-0.2, 0) is 6.18 Å². The fraction of sp³-hybridized carbons (Fsp3) is 0.0769. The molecule has 0 spiro atoms. The third-order valence-corrected chi connectivity index (χ3v) is 3.38. The highest BCUT2D eigenvalue weighted by Crippen LogP contribution is 2.36. The molecule has 0 radical (unpaired) electrons. The molecule has 2 aromatic rings. The van der Waals surface area contributed by atoms with Crippen molar-refractivity contribution in [3.63, 3.8) is 0 Å². The first kappa shape index (κ1) is 14.6. The summed E-state index contributed by atoms with van der Waals surface area (Å²) in [6, 6.07) is 6.24. The van der Waals surface area contributed by atoms with Crippen LogP contribution in [0.1, 0.15) is 21.7 Å². The second-order valence-electron chi connectivity index (χ2n) is 3.81. The molecule has 0 saturated carbocycles. The van der Waals surface area contributed by atoms with E-state index in [2.05, 4.69) is 0 Å². The van der Waals surface area contributed by atoms with Crippen LogP contribution in [0.2, 0.25) is 0 Å². The fourth-order valence-electron chi connectivity index (χ4n) is 1.66. The highest BCUT2D eigenvalue weighted by Gasteiger charge is 2.32. The Balaban J connectivity index is 2.65. The van der Waals surface area contributed by atoms with Gasteiger partial charge in [0.1, 0.15) is 5.76 Å². The summed E-state index contributed by atoms with van der Waals surface area (Å²) >= 11 is 1.70. The van der Waals surface area contributed by atoms with Crippen molar-refractivity contribution in [2.24, 2.45) is 0 Å². The maximum Gasteiger partial charge on any atom is 0.416 e. The summed E-state index contributed by atoms with van der Waals surface area (Å²) in [5.41, 5.74) is -0.811.